The Bertz CT molecular complexity index is 1030. The van der Waals surface area contributed by atoms with Crippen LogP contribution in [0, 0.1) is 13.8 Å². The number of piperazine rings is 1. The minimum atomic E-state index is -0.283. The van der Waals surface area contributed by atoms with E-state index in [0.29, 0.717) is 36.6 Å². The predicted molar refractivity (Wildman–Crippen MR) is 137 cm³/mol. The molecule has 7 heteroatoms. The lowest BCUT2D eigenvalue weighted by molar-refractivity contribution is -0.118. The van der Waals surface area contributed by atoms with E-state index < -0.39 is 0 Å². The summed E-state index contributed by atoms with van der Waals surface area (Å²) in [6.45, 7) is 7.88. The highest BCUT2D eigenvalue weighted by molar-refractivity contribution is 6.32. The molecule has 184 valence electrons. The molecule has 2 atom stereocenters. The second-order valence-corrected chi connectivity index (χ2v) is 9.83. The van der Waals surface area contributed by atoms with Crippen molar-refractivity contribution in [2.75, 3.05) is 38.3 Å². The zero-order valence-corrected chi connectivity index (χ0v) is 21.2. The Morgan fingerprint density at radius 2 is 1.94 bits per heavy atom. The summed E-state index contributed by atoms with van der Waals surface area (Å²) >= 11 is 6.24. The van der Waals surface area contributed by atoms with Crippen LogP contribution in [-0.2, 0) is 4.79 Å². The molecule has 2 aromatic rings. The number of fused-ring (bicyclic) bond motifs is 1. The van der Waals surface area contributed by atoms with Gasteiger partial charge in [-0.15, -0.1) is 0 Å². The molecule has 2 aliphatic rings. The van der Waals surface area contributed by atoms with E-state index in [2.05, 4.69) is 41.8 Å². The van der Waals surface area contributed by atoms with Gasteiger partial charge in [0.15, 0.2) is 0 Å². The van der Waals surface area contributed by atoms with E-state index in [4.69, 9.17) is 26.8 Å². The number of carbonyl (C=O) groups excluding carboxylic acids is 1. The highest BCUT2D eigenvalue weighted by atomic mass is 35.5. The molecule has 2 aromatic carbocycles. The molecule has 1 amide bonds. The Balaban J connectivity index is 1.46. The fourth-order valence-electron chi connectivity index (χ4n) is 5.43. The van der Waals surface area contributed by atoms with Gasteiger partial charge in [-0.2, -0.15) is 0 Å². The van der Waals surface area contributed by atoms with Crippen LogP contribution in [0.25, 0.3) is 0 Å². The average molecular weight is 486 g/mol. The lowest BCUT2D eigenvalue weighted by Crippen LogP contribution is -2.56. The number of primary amides is 1. The first-order chi connectivity index (χ1) is 16.4. The zero-order chi connectivity index (χ0) is 24.2. The van der Waals surface area contributed by atoms with E-state index in [1.165, 1.54) is 41.6 Å². The molecule has 0 aromatic heterocycles. The van der Waals surface area contributed by atoms with E-state index in [1.807, 2.05) is 12.1 Å². The number of methoxy groups -OCH3 is 1. The van der Waals surface area contributed by atoms with Gasteiger partial charge in [-0.05, 0) is 74.4 Å². The summed E-state index contributed by atoms with van der Waals surface area (Å²) in [7, 11) is 1.66. The number of rotatable bonds is 8. The first-order valence-corrected chi connectivity index (χ1v) is 12.6. The maximum atomic E-state index is 11.0. The molecule has 2 fully saturated rings. The van der Waals surface area contributed by atoms with Crippen molar-refractivity contribution in [1.29, 1.82) is 0 Å². The van der Waals surface area contributed by atoms with Crippen molar-refractivity contribution in [3.8, 4) is 11.5 Å². The maximum Gasteiger partial charge on any atom is 0.217 e. The summed E-state index contributed by atoms with van der Waals surface area (Å²) in [5, 5.41) is 0.647. The van der Waals surface area contributed by atoms with Crippen molar-refractivity contribution in [3.63, 3.8) is 0 Å². The van der Waals surface area contributed by atoms with Gasteiger partial charge in [0.25, 0.3) is 0 Å². The topological polar surface area (TPSA) is 68.0 Å². The van der Waals surface area contributed by atoms with Crippen LogP contribution in [0.4, 0.5) is 5.69 Å². The van der Waals surface area contributed by atoms with Crippen LogP contribution in [-0.4, -0.2) is 50.2 Å². The second kappa shape index (κ2) is 10.9. The van der Waals surface area contributed by atoms with Gasteiger partial charge < -0.3 is 20.1 Å². The number of hydrogen-bond acceptors (Lipinski definition) is 5. The molecule has 2 saturated heterocycles. The number of nitrogens with two attached hydrogens (primary N) is 1. The number of nitrogens with zero attached hydrogens (tertiary/aromatic N) is 2. The lowest BCUT2D eigenvalue weighted by atomic mass is 9.86. The monoisotopic (exact) mass is 485 g/mol. The van der Waals surface area contributed by atoms with Crippen molar-refractivity contribution >= 4 is 23.2 Å². The van der Waals surface area contributed by atoms with E-state index in [9.17, 15) is 4.79 Å². The van der Waals surface area contributed by atoms with Crippen molar-refractivity contribution < 1.29 is 14.3 Å². The molecule has 2 N–H and O–H groups in total. The summed E-state index contributed by atoms with van der Waals surface area (Å²) in [4.78, 5) is 16.1. The summed E-state index contributed by atoms with van der Waals surface area (Å²) in [6, 6.07) is 11.4. The van der Waals surface area contributed by atoms with Crippen LogP contribution in [0.2, 0.25) is 5.02 Å². The molecule has 0 saturated carbocycles. The Morgan fingerprint density at radius 1 is 1.12 bits per heavy atom. The van der Waals surface area contributed by atoms with Crippen LogP contribution in [0.15, 0.2) is 30.3 Å². The standard InChI is InChI=1S/C27H36ClN3O3/c1-18-19(2)25(34-15-5-8-27(29)32)12-10-22(18)24-7-4-6-21-17-30(13-14-31(21)24)20-9-11-23(28)26(16-20)33-3/h9-12,16,21,24H,4-8,13-15,17H2,1-3H3,(H2,29,32)/t21?,24-/m1/s1. The first kappa shape index (κ1) is 24.7. The van der Waals surface area contributed by atoms with Gasteiger partial charge in [-0.25, -0.2) is 0 Å². The molecule has 0 aliphatic carbocycles. The van der Waals surface area contributed by atoms with Crippen molar-refractivity contribution in [2.24, 2.45) is 5.73 Å². The van der Waals surface area contributed by atoms with Crippen LogP contribution in [0.5, 0.6) is 11.5 Å². The van der Waals surface area contributed by atoms with Gasteiger partial charge in [0.2, 0.25) is 5.91 Å². The van der Waals surface area contributed by atoms with Crippen LogP contribution in [0.1, 0.15) is 54.8 Å². The molecular formula is C27H36ClN3O3. The molecule has 0 radical (unpaired) electrons. The number of piperidine rings is 1. The smallest absolute Gasteiger partial charge is 0.217 e. The minimum Gasteiger partial charge on any atom is -0.495 e. The van der Waals surface area contributed by atoms with Gasteiger partial charge in [0, 0.05) is 49.9 Å². The van der Waals surface area contributed by atoms with E-state index in [-0.39, 0.29) is 5.91 Å². The molecule has 6 nitrogen and oxygen atoms in total. The van der Waals surface area contributed by atoms with Gasteiger partial charge >= 0.3 is 0 Å². The number of anilines is 1. The lowest BCUT2D eigenvalue weighted by Gasteiger charge is -2.49. The average Bonchev–Trinajstić information content (AvgIpc) is 2.84. The van der Waals surface area contributed by atoms with E-state index in [0.717, 1.165) is 31.1 Å². The van der Waals surface area contributed by atoms with Crippen molar-refractivity contribution in [3.05, 3.63) is 52.0 Å². The van der Waals surface area contributed by atoms with Gasteiger partial charge in [-0.1, -0.05) is 17.7 Å². The Kier molecular flexibility index (Phi) is 7.89. The summed E-state index contributed by atoms with van der Waals surface area (Å²) < 4.78 is 11.4. The third-order valence-electron chi connectivity index (χ3n) is 7.41. The predicted octanol–water partition coefficient (Wildman–Crippen LogP) is 5.03. The highest BCUT2D eigenvalue weighted by Crippen LogP contribution is 2.40. The fourth-order valence-corrected chi connectivity index (χ4v) is 5.62. The zero-order valence-electron chi connectivity index (χ0n) is 20.5. The van der Waals surface area contributed by atoms with E-state index >= 15 is 0 Å². The molecule has 1 unspecified atom stereocenters. The summed E-state index contributed by atoms with van der Waals surface area (Å²) in [6.07, 6.45) is 4.63. The van der Waals surface area contributed by atoms with Crippen LogP contribution in [0.3, 0.4) is 0 Å². The van der Waals surface area contributed by atoms with Gasteiger partial charge in [-0.3, -0.25) is 9.69 Å². The fraction of sp³-hybridized carbons (Fsp3) is 0.519. The Labute approximate surface area is 208 Å². The van der Waals surface area contributed by atoms with Crippen LogP contribution >= 0.6 is 11.6 Å². The number of ether oxygens (including phenoxy) is 2. The number of benzene rings is 2. The normalized spacial score (nSPS) is 20.6. The largest absolute Gasteiger partial charge is 0.495 e. The third kappa shape index (κ3) is 5.28. The third-order valence-corrected chi connectivity index (χ3v) is 7.72. The van der Waals surface area contributed by atoms with Crippen molar-refractivity contribution in [2.45, 2.75) is 58.0 Å². The molecular weight excluding hydrogens is 450 g/mol. The first-order valence-electron chi connectivity index (χ1n) is 12.2. The second-order valence-electron chi connectivity index (χ2n) is 9.42. The van der Waals surface area contributed by atoms with Gasteiger partial charge in [0.1, 0.15) is 11.5 Å². The summed E-state index contributed by atoms with van der Waals surface area (Å²) in [5.41, 5.74) is 10.3. The molecule has 0 bridgehead atoms. The van der Waals surface area contributed by atoms with Crippen LogP contribution < -0.4 is 20.1 Å². The number of halogens is 1. The number of hydrogen-bond donors (Lipinski definition) is 1. The van der Waals surface area contributed by atoms with E-state index in [1.54, 1.807) is 7.11 Å². The Morgan fingerprint density at radius 3 is 2.71 bits per heavy atom. The molecule has 4 rings (SSSR count). The molecule has 0 spiro atoms. The Hall–Kier alpha value is -2.44. The SMILES string of the molecule is COc1cc(N2CCN3C(CCC[C@@H]3c3ccc(OCCCC(N)=O)c(C)c3C)C2)ccc1Cl. The van der Waals surface area contributed by atoms with Crippen molar-refractivity contribution in [1.82, 2.24) is 4.90 Å². The molecule has 34 heavy (non-hydrogen) atoms. The summed E-state index contributed by atoms with van der Waals surface area (Å²) in [5.74, 6) is 1.35. The minimum absolute atomic E-state index is 0.283. The highest BCUT2D eigenvalue weighted by Gasteiger charge is 2.36. The maximum absolute atomic E-state index is 11.0. The number of amides is 1. The molecule has 2 heterocycles. The quantitative estimate of drug-likeness (QED) is 0.531. The molecule has 2 aliphatic heterocycles. The van der Waals surface area contributed by atoms with Gasteiger partial charge in [0.05, 0.1) is 18.7 Å². The number of carbonyl (C=O) groups is 1.